The van der Waals surface area contributed by atoms with E-state index in [1.807, 2.05) is 12.2 Å². The van der Waals surface area contributed by atoms with E-state index in [4.69, 9.17) is 23.3 Å². The van der Waals surface area contributed by atoms with E-state index in [1.165, 1.54) is 83.5 Å². The molecule has 0 aliphatic heterocycles. The summed E-state index contributed by atoms with van der Waals surface area (Å²) in [6, 6.07) is 0. The molecule has 0 aromatic heterocycles. The predicted molar refractivity (Wildman–Crippen MR) is 298 cm³/mol. The molecule has 0 aliphatic carbocycles. The van der Waals surface area contributed by atoms with Gasteiger partial charge in [0, 0.05) is 12.8 Å². The summed E-state index contributed by atoms with van der Waals surface area (Å²) in [6.07, 6.45) is 61.4. The van der Waals surface area contributed by atoms with Crippen LogP contribution in [0.25, 0.3) is 0 Å². The maximum absolute atomic E-state index is 12.9. The second-order valence-corrected chi connectivity index (χ2v) is 20.2. The second-order valence-electron chi connectivity index (χ2n) is 18.7. The average molecular weight is 1030 g/mol. The van der Waals surface area contributed by atoms with Crippen molar-refractivity contribution in [3.8, 4) is 0 Å². The van der Waals surface area contributed by atoms with Crippen molar-refractivity contribution >= 4 is 25.7 Å². The first-order chi connectivity index (χ1) is 35.2. The average Bonchev–Trinajstić information content (AvgIpc) is 3.37. The van der Waals surface area contributed by atoms with Gasteiger partial charge in [-0.1, -0.05) is 209 Å². The van der Waals surface area contributed by atoms with Gasteiger partial charge in [-0.15, -0.1) is 0 Å². The molecule has 0 amide bonds. The lowest BCUT2D eigenvalue weighted by Gasteiger charge is -2.21. The molecule has 0 radical (unpaired) electrons. The fourth-order valence-corrected chi connectivity index (χ4v) is 8.26. The lowest BCUT2D eigenvalue weighted by atomic mass is 10.1. The number of allylic oxidation sites excluding steroid dienone is 13. The largest absolute Gasteiger partial charge is 0.472 e. The Labute approximate surface area is 439 Å². The van der Waals surface area contributed by atoms with E-state index in [0.717, 1.165) is 96.3 Å². The Balaban J connectivity index is 4.84. The van der Waals surface area contributed by atoms with Gasteiger partial charge in [0.15, 0.2) is 6.10 Å². The van der Waals surface area contributed by atoms with Crippen LogP contribution in [0.2, 0.25) is 0 Å². The Morgan fingerprint density at radius 2 is 0.764 bits per heavy atom. The highest BCUT2D eigenvalue weighted by Crippen LogP contribution is 2.43. The molecule has 12 heteroatoms. The highest BCUT2D eigenvalue weighted by Gasteiger charge is 2.28. The van der Waals surface area contributed by atoms with E-state index < -0.39 is 64.4 Å². The molecule has 0 aliphatic rings. The number of hydrogen-bond donors (Lipinski definition) is 2. The summed E-state index contributed by atoms with van der Waals surface area (Å²) < 4.78 is 39.3. The van der Waals surface area contributed by atoms with Gasteiger partial charge < -0.3 is 24.2 Å². The van der Waals surface area contributed by atoms with Crippen molar-refractivity contribution in [3.05, 3.63) is 85.1 Å². The molecular formula is C60H103O11P. The summed E-state index contributed by atoms with van der Waals surface area (Å²) in [5.41, 5.74) is 0. The fourth-order valence-electron chi connectivity index (χ4n) is 7.48. The molecule has 0 aromatic rings. The number of carbonyl (C=O) groups is 3. The molecule has 0 bridgehead atoms. The fraction of sp³-hybridized carbons (Fsp3) is 0.717. The quantitative estimate of drug-likeness (QED) is 0.0197. The third-order valence-electron chi connectivity index (χ3n) is 11.8. The van der Waals surface area contributed by atoms with Gasteiger partial charge in [0.2, 0.25) is 0 Å². The Bertz CT molecular complexity index is 1530. The summed E-state index contributed by atoms with van der Waals surface area (Å²) in [6.45, 7) is 4.39. The molecule has 3 unspecified atom stereocenters. The zero-order valence-electron chi connectivity index (χ0n) is 45.6. The summed E-state index contributed by atoms with van der Waals surface area (Å²) >= 11 is 0. The molecule has 0 heterocycles. The number of hydrogen-bond acceptors (Lipinski definition) is 10. The third-order valence-corrected chi connectivity index (χ3v) is 12.8. The van der Waals surface area contributed by atoms with Crippen molar-refractivity contribution in [3.63, 3.8) is 0 Å². The molecule has 0 fully saturated rings. The maximum atomic E-state index is 12.9. The molecule has 11 nitrogen and oxygen atoms in total. The first-order valence-electron chi connectivity index (χ1n) is 28.5. The minimum atomic E-state index is -4.77. The van der Waals surface area contributed by atoms with Gasteiger partial charge in [-0.2, -0.15) is 0 Å². The number of rotatable bonds is 52. The van der Waals surface area contributed by atoms with Crippen LogP contribution in [-0.2, 0) is 42.2 Å². The topological polar surface area (TPSA) is 155 Å². The van der Waals surface area contributed by atoms with E-state index in [9.17, 15) is 28.9 Å². The van der Waals surface area contributed by atoms with Crippen molar-refractivity contribution in [1.82, 2.24) is 0 Å². The van der Waals surface area contributed by atoms with Crippen molar-refractivity contribution < 1.29 is 52.2 Å². The van der Waals surface area contributed by atoms with Crippen LogP contribution in [0.4, 0.5) is 0 Å². The van der Waals surface area contributed by atoms with Crippen LogP contribution >= 0.6 is 7.82 Å². The minimum absolute atomic E-state index is 0.00888. The van der Waals surface area contributed by atoms with Crippen molar-refractivity contribution in [2.75, 3.05) is 26.4 Å². The monoisotopic (exact) mass is 1030 g/mol. The summed E-state index contributed by atoms with van der Waals surface area (Å²) in [5.74, 6) is -1.63. The predicted octanol–water partition coefficient (Wildman–Crippen LogP) is 16.7. The molecule has 0 spiro atoms. The van der Waals surface area contributed by atoms with Crippen LogP contribution in [0.3, 0.4) is 0 Å². The highest BCUT2D eigenvalue weighted by molar-refractivity contribution is 7.47. The van der Waals surface area contributed by atoms with E-state index >= 15 is 0 Å². The summed E-state index contributed by atoms with van der Waals surface area (Å²) in [4.78, 5) is 48.4. The maximum Gasteiger partial charge on any atom is 0.472 e. The molecule has 72 heavy (non-hydrogen) atoms. The van der Waals surface area contributed by atoms with Gasteiger partial charge in [0.25, 0.3) is 0 Å². The van der Waals surface area contributed by atoms with E-state index in [0.29, 0.717) is 19.3 Å². The smallest absolute Gasteiger partial charge is 0.461 e. The Hall–Kier alpha value is -3.34. The third kappa shape index (κ3) is 51.6. The van der Waals surface area contributed by atoms with Crippen molar-refractivity contribution in [2.45, 2.75) is 251 Å². The number of phosphoric ester groups is 1. The van der Waals surface area contributed by atoms with E-state index in [-0.39, 0.29) is 19.3 Å². The van der Waals surface area contributed by atoms with Crippen LogP contribution in [-0.4, -0.2) is 66.5 Å². The minimum Gasteiger partial charge on any atom is -0.461 e. The molecule has 2 N–H and O–H groups in total. The highest BCUT2D eigenvalue weighted by atomic mass is 31.2. The first kappa shape index (κ1) is 68.7. The normalized spacial score (nSPS) is 14.0. The standard InChI is InChI=1S/C60H103O11P/c1-4-7-10-13-16-19-22-25-27-28-30-33-36-39-42-45-48-51-60(64)71-57(53-67-58(62)49-46-43-40-37-34-32-29-26-23-20-17-14-11-8-5-2)55-69-72(65,66)68-54-56(52-61)70-59(63)50-47-44-41-38-35-31-24-21-18-15-12-9-6-3/h8,11,17,20-21,24-27,29,34,37,43,46,56-57,61H,4-7,9-10,12-16,18-19,22-23,28,30-33,35-36,38-42,44-45,47-55H2,1-3H3,(H,65,66)/b11-8-,20-17-,24-21-,27-25-,29-26-,37-34-,46-43-. The lowest BCUT2D eigenvalue weighted by Crippen LogP contribution is -2.30. The number of unbranched alkanes of at least 4 members (excludes halogenated alkanes) is 22. The second kappa shape index (κ2) is 53.9. The van der Waals surface area contributed by atoms with Gasteiger partial charge in [-0.3, -0.25) is 23.4 Å². The van der Waals surface area contributed by atoms with Crippen LogP contribution in [0.1, 0.15) is 239 Å². The van der Waals surface area contributed by atoms with Crippen LogP contribution in [0, 0.1) is 0 Å². The number of phosphoric acid groups is 1. The van der Waals surface area contributed by atoms with Gasteiger partial charge in [-0.25, -0.2) is 4.57 Å². The lowest BCUT2D eigenvalue weighted by molar-refractivity contribution is -0.161. The molecule has 0 saturated heterocycles. The molecule has 0 rings (SSSR count). The number of carbonyl (C=O) groups excluding carboxylic acids is 3. The van der Waals surface area contributed by atoms with Crippen LogP contribution in [0.15, 0.2) is 85.1 Å². The van der Waals surface area contributed by atoms with E-state index in [2.05, 4.69) is 87.6 Å². The molecular weight excluding hydrogens is 928 g/mol. The number of esters is 3. The Morgan fingerprint density at radius 1 is 0.417 bits per heavy atom. The number of ether oxygens (including phenoxy) is 3. The van der Waals surface area contributed by atoms with Crippen molar-refractivity contribution in [1.29, 1.82) is 0 Å². The number of aliphatic hydroxyl groups is 1. The van der Waals surface area contributed by atoms with Crippen molar-refractivity contribution in [2.24, 2.45) is 0 Å². The van der Waals surface area contributed by atoms with Crippen LogP contribution in [0.5, 0.6) is 0 Å². The zero-order valence-corrected chi connectivity index (χ0v) is 46.5. The molecule has 0 aromatic carbocycles. The van der Waals surface area contributed by atoms with E-state index in [1.54, 1.807) is 6.08 Å². The van der Waals surface area contributed by atoms with Gasteiger partial charge >= 0.3 is 25.7 Å². The molecule has 0 saturated carbocycles. The van der Waals surface area contributed by atoms with Gasteiger partial charge in [-0.05, 0) is 96.3 Å². The summed E-state index contributed by atoms with van der Waals surface area (Å²) in [7, 11) is -4.77. The van der Waals surface area contributed by atoms with Crippen LogP contribution < -0.4 is 0 Å². The zero-order chi connectivity index (χ0) is 52.7. The summed E-state index contributed by atoms with van der Waals surface area (Å²) in [5, 5.41) is 9.80. The molecule has 414 valence electrons. The SMILES string of the molecule is CC/C=C\C/C=C\C/C=C\C/C=C\C/C=C\CC(=O)OCC(COP(=O)(O)OCC(CO)OC(=O)CCCCCCC/C=C\CCCCCC)OC(=O)CCCCCCCCC/C=C\CCCCCCCC. The van der Waals surface area contributed by atoms with Gasteiger partial charge in [0.1, 0.15) is 12.7 Å². The Kier molecular flexibility index (Phi) is 51.4. The first-order valence-corrected chi connectivity index (χ1v) is 30.0. The Morgan fingerprint density at radius 3 is 1.18 bits per heavy atom. The number of aliphatic hydroxyl groups excluding tert-OH is 1. The molecule has 3 atom stereocenters. The van der Waals surface area contributed by atoms with Gasteiger partial charge in [0.05, 0.1) is 26.2 Å².